The minimum absolute atomic E-state index is 0.108. The molecule has 1 amide bonds. The molecular weight excluding hydrogens is 126 g/mol. The van der Waals surface area contributed by atoms with E-state index >= 15 is 0 Å². The Morgan fingerprint density at radius 2 is 2.10 bits per heavy atom. The van der Waals surface area contributed by atoms with Gasteiger partial charge in [-0.15, -0.1) is 0 Å². The minimum atomic E-state index is -0.108. The lowest BCUT2D eigenvalue weighted by Gasteiger charge is -2.08. The summed E-state index contributed by atoms with van der Waals surface area (Å²) >= 11 is 0. The van der Waals surface area contributed by atoms with Crippen LogP contribution in [-0.2, 0) is 4.79 Å². The zero-order valence-electron chi connectivity index (χ0n) is 6.68. The number of hydrogen-bond donors (Lipinski definition) is 1. The Morgan fingerprint density at radius 1 is 1.60 bits per heavy atom. The van der Waals surface area contributed by atoms with Crippen LogP contribution < -0.4 is 5.73 Å². The van der Waals surface area contributed by atoms with Crippen molar-refractivity contribution in [3.05, 3.63) is 0 Å². The van der Waals surface area contributed by atoms with Crippen LogP contribution in [0.3, 0.4) is 0 Å². The largest absolute Gasteiger partial charge is 0.369 e. The van der Waals surface area contributed by atoms with Gasteiger partial charge < -0.3 is 5.73 Å². The summed E-state index contributed by atoms with van der Waals surface area (Å²) in [6.07, 6.45) is 3.21. The van der Waals surface area contributed by atoms with Gasteiger partial charge >= 0.3 is 0 Å². The van der Waals surface area contributed by atoms with Gasteiger partial charge in [-0.3, -0.25) is 4.79 Å². The van der Waals surface area contributed by atoms with Crippen molar-refractivity contribution >= 4 is 5.91 Å². The Labute approximate surface area is 61.8 Å². The van der Waals surface area contributed by atoms with Crippen LogP contribution in [-0.4, -0.2) is 5.91 Å². The van der Waals surface area contributed by atoms with E-state index < -0.39 is 0 Å². The standard InChI is InChI=1S/C8H15NO/c1-3-8(4-2)5-6(8)7(9)10/h6H,3-5H2,1-2H3,(H2,9,10)/t6-/m1/s1. The third-order valence-corrected chi connectivity index (χ3v) is 2.94. The highest BCUT2D eigenvalue weighted by Crippen LogP contribution is 2.57. The predicted octanol–water partition coefficient (Wildman–Crippen LogP) is 1.30. The number of primary amides is 1. The van der Waals surface area contributed by atoms with Crippen molar-refractivity contribution in [3.8, 4) is 0 Å². The molecule has 0 aromatic carbocycles. The molecule has 0 spiro atoms. The minimum Gasteiger partial charge on any atom is -0.369 e. The smallest absolute Gasteiger partial charge is 0.221 e. The second-order valence-electron chi connectivity index (χ2n) is 3.23. The van der Waals surface area contributed by atoms with Crippen molar-refractivity contribution in [1.82, 2.24) is 0 Å². The molecule has 1 fully saturated rings. The van der Waals surface area contributed by atoms with Gasteiger partial charge in [0.15, 0.2) is 0 Å². The molecule has 2 N–H and O–H groups in total. The summed E-state index contributed by atoms with van der Waals surface area (Å²) in [7, 11) is 0. The summed E-state index contributed by atoms with van der Waals surface area (Å²) in [5, 5.41) is 0. The van der Waals surface area contributed by atoms with Crippen molar-refractivity contribution in [1.29, 1.82) is 0 Å². The average Bonchev–Trinajstić information content (AvgIpc) is 2.63. The van der Waals surface area contributed by atoms with Crippen molar-refractivity contribution in [2.45, 2.75) is 33.1 Å². The van der Waals surface area contributed by atoms with E-state index in [-0.39, 0.29) is 11.8 Å². The van der Waals surface area contributed by atoms with Gasteiger partial charge in [-0.25, -0.2) is 0 Å². The van der Waals surface area contributed by atoms with E-state index in [1.165, 1.54) is 0 Å². The van der Waals surface area contributed by atoms with E-state index in [0.717, 1.165) is 19.3 Å². The third-order valence-electron chi connectivity index (χ3n) is 2.94. The molecule has 0 aromatic heterocycles. The fourth-order valence-electron chi connectivity index (χ4n) is 1.78. The number of amides is 1. The summed E-state index contributed by atoms with van der Waals surface area (Å²) in [6, 6.07) is 0. The summed E-state index contributed by atoms with van der Waals surface area (Å²) in [6.45, 7) is 4.26. The molecule has 58 valence electrons. The van der Waals surface area contributed by atoms with Crippen LogP contribution in [0.2, 0.25) is 0 Å². The van der Waals surface area contributed by atoms with Crippen LogP contribution >= 0.6 is 0 Å². The van der Waals surface area contributed by atoms with E-state index in [4.69, 9.17) is 5.73 Å². The highest BCUT2D eigenvalue weighted by Gasteiger charge is 2.54. The summed E-state index contributed by atoms with van der Waals surface area (Å²) in [4.78, 5) is 10.7. The Morgan fingerprint density at radius 3 is 2.20 bits per heavy atom. The van der Waals surface area contributed by atoms with Crippen LogP contribution in [0.5, 0.6) is 0 Å². The fourth-order valence-corrected chi connectivity index (χ4v) is 1.78. The highest BCUT2D eigenvalue weighted by atomic mass is 16.1. The lowest BCUT2D eigenvalue weighted by Crippen LogP contribution is -2.17. The molecule has 1 rings (SSSR count). The van der Waals surface area contributed by atoms with Crippen LogP contribution in [0.25, 0.3) is 0 Å². The second kappa shape index (κ2) is 2.26. The molecule has 1 atom stereocenters. The van der Waals surface area contributed by atoms with Crippen LogP contribution in [0.15, 0.2) is 0 Å². The Balaban J connectivity index is 2.53. The Kier molecular flexibility index (Phi) is 1.71. The van der Waals surface area contributed by atoms with E-state index in [1.807, 2.05) is 0 Å². The summed E-state index contributed by atoms with van der Waals surface area (Å²) < 4.78 is 0. The van der Waals surface area contributed by atoms with Crippen molar-refractivity contribution in [2.75, 3.05) is 0 Å². The van der Waals surface area contributed by atoms with Gasteiger partial charge in [-0.05, 0) is 24.7 Å². The SMILES string of the molecule is CCC1(CC)C[C@@H]1C(N)=O. The zero-order chi connectivity index (χ0) is 7.78. The van der Waals surface area contributed by atoms with E-state index in [1.54, 1.807) is 0 Å². The van der Waals surface area contributed by atoms with Crippen LogP contribution in [0, 0.1) is 11.3 Å². The maximum absolute atomic E-state index is 10.7. The molecular formula is C8H15NO. The Hall–Kier alpha value is -0.530. The zero-order valence-corrected chi connectivity index (χ0v) is 6.68. The molecule has 1 aliphatic rings. The topological polar surface area (TPSA) is 43.1 Å². The number of rotatable bonds is 3. The molecule has 0 unspecified atom stereocenters. The van der Waals surface area contributed by atoms with Gasteiger partial charge in [0.25, 0.3) is 0 Å². The molecule has 0 heterocycles. The number of carbonyl (C=O) groups is 1. The lowest BCUT2D eigenvalue weighted by atomic mass is 9.97. The van der Waals surface area contributed by atoms with Gasteiger partial charge in [0.1, 0.15) is 0 Å². The Bertz CT molecular complexity index is 149. The van der Waals surface area contributed by atoms with Crippen molar-refractivity contribution in [3.63, 3.8) is 0 Å². The quantitative estimate of drug-likeness (QED) is 0.632. The molecule has 10 heavy (non-hydrogen) atoms. The van der Waals surface area contributed by atoms with Gasteiger partial charge in [0, 0.05) is 5.92 Å². The number of hydrogen-bond acceptors (Lipinski definition) is 1. The molecule has 0 aliphatic heterocycles. The van der Waals surface area contributed by atoms with Crippen molar-refractivity contribution < 1.29 is 4.79 Å². The molecule has 1 saturated carbocycles. The number of nitrogens with two attached hydrogens (primary N) is 1. The van der Waals surface area contributed by atoms with Gasteiger partial charge in [0.2, 0.25) is 5.91 Å². The van der Waals surface area contributed by atoms with Gasteiger partial charge in [0.05, 0.1) is 0 Å². The van der Waals surface area contributed by atoms with E-state index in [9.17, 15) is 4.79 Å². The summed E-state index contributed by atoms with van der Waals surface area (Å²) in [5.74, 6) is 0.0752. The average molecular weight is 141 g/mol. The van der Waals surface area contributed by atoms with Crippen LogP contribution in [0.4, 0.5) is 0 Å². The van der Waals surface area contributed by atoms with E-state index in [0.29, 0.717) is 5.41 Å². The summed E-state index contributed by atoms with van der Waals surface area (Å²) in [5.41, 5.74) is 5.48. The third kappa shape index (κ3) is 0.917. The predicted molar refractivity (Wildman–Crippen MR) is 40.3 cm³/mol. The monoisotopic (exact) mass is 141 g/mol. The van der Waals surface area contributed by atoms with Gasteiger partial charge in [-0.2, -0.15) is 0 Å². The van der Waals surface area contributed by atoms with Crippen LogP contribution in [0.1, 0.15) is 33.1 Å². The first-order chi connectivity index (χ1) is 4.66. The van der Waals surface area contributed by atoms with E-state index in [2.05, 4.69) is 13.8 Å². The van der Waals surface area contributed by atoms with Gasteiger partial charge in [-0.1, -0.05) is 13.8 Å². The van der Waals surface area contributed by atoms with Crippen molar-refractivity contribution in [2.24, 2.45) is 17.1 Å². The second-order valence-corrected chi connectivity index (χ2v) is 3.23. The normalized spacial score (nSPS) is 28.0. The molecule has 2 nitrogen and oxygen atoms in total. The first-order valence-electron chi connectivity index (χ1n) is 3.95. The maximum Gasteiger partial charge on any atom is 0.221 e. The first kappa shape index (κ1) is 7.58. The first-order valence-corrected chi connectivity index (χ1v) is 3.95. The maximum atomic E-state index is 10.7. The molecule has 0 saturated heterocycles. The fraction of sp³-hybridized carbons (Fsp3) is 0.875. The molecule has 1 aliphatic carbocycles. The molecule has 0 aromatic rings. The number of carbonyl (C=O) groups excluding carboxylic acids is 1. The lowest BCUT2D eigenvalue weighted by molar-refractivity contribution is -0.120. The highest BCUT2D eigenvalue weighted by molar-refractivity contribution is 5.80. The molecule has 0 radical (unpaired) electrons. The molecule has 0 bridgehead atoms. The molecule has 2 heteroatoms.